The summed E-state index contributed by atoms with van der Waals surface area (Å²) in [4.78, 5) is 23.3. The molecule has 6 nitrogen and oxygen atoms in total. The molecule has 2 aromatic carbocycles. The van der Waals surface area contributed by atoms with Crippen molar-refractivity contribution in [2.24, 2.45) is 0 Å². The first-order chi connectivity index (χ1) is 18.5. The summed E-state index contributed by atoms with van der Waals surface area (Å²) in [6.45, 7) is 4.00. The summed E-state index contributed by atoms with van der Waals surface area (Å²) in [6, 6.07) is 13.8. The lowest BCUT2D eigenvalue weighted by molar-refractivity contribution is 0.180. The third-order valence-corrected chi connectivity index (χ3v) is 9.42. The van der Waals surface area contributed by atoms with Gasteiger partial charge in [0.2, 0.25) is 0 Å². The number of anilines is 2. The quantitative estimate of drug-likeness (QED) is 0.363. The number of halogens is 2. The first kappa shape index (κ1) is 25.6. The Kier molecular flexibility index (Phi) is 7.27. The third-order valence-electron chi connectivity index (χ3n) is 7.75. The van der Waals surface area contributed by atoms with Crippen LogP contribution in [0.2, 0.25) is 10.0 Å². The van der Waals surface area contributed by atoms with E-state index in [2.05, 4.69) is 44.8 Å². The summed E-state index contributed by atoms with van der Waals surface area (Å²) in [7, 11) is 0. The third kappa shape index (κ3) is 5.00. The van der Waals surface area contributed by atoms with Crippen LogP contribution in [-0.4, -0.2) is 48.0 Å². The molecule has 1 spiro atoms. The number of piperidine rings is 1. The summed E-state index contributed by atoms with van der Waals surface area (Å²) in [5.41, 5.74) is 5.57. The molecule has 0 unspecified atom stereocenters. The molecular formula is C29H29Cl2N5OS. The predicted octanol–water partition coefficient (Wildman–Crippen LogP) is 6.64. The van der Waals surface area contributed by atoms with Crippen molar-refractivity contribution in [1.29, 1.82) is 0 Å². The summed E-state index contributed by atoms with van der Waals surface area (Å²) in [5.74, 6) is 0.876. The fourth-order valence-electron chi connectivity index (χ4n) is 5.77. The topological polar surface area (TPSA) is 60.5 Å². The molecule has 1 fully saturated rings. The summed E-state index contributed by atoms with van der Waals surface area (Å²) in [6.07, 6.45) is 9.84. The maximum atomic E-state index is 13.4. The molecule has 3 aliphatic heterocycles. The predicted molar refractivity (Wildman–Crippen MR) is 157 cm³/mol. The van der Waals surface area contributed by atoms with Gasteiger partial charge in [0.25, 0.3) is 0 Å². The number of aromatic nitrogens is 1. The molecule has 0 atom stereocenters. The van der Waals surface area contributed by atoms with E-state index in [9.17, 15) is 4.79 Å². The Morgan fingerprint density at radius 2 is 2.03 bits per heavy atom. The van der Waals surface area contributed by atoms with E-state index < -0.39 is 0 Å². The van der Waals surface area contributed by atoms with E-state index in [-0.39, 0.29) is 11.4 Å². The molecule has 4 heterocycles. The Bertz CT molecular complexity index is 1370. The molecular weight excluding hydrogens is 537 g/mol. The number of carbonyl (C=O) groups excluding carboxylic acids is 1. The lowest BCUT2D eigenvalue weighted by Gasteiger charge is -2.40. The SMILES string of the molecule is O=C(NCc1cccnc1)N1CC2(CCN(C/C=C/c3ccc(Cl)c(Cl)c3)CC2)c2c1ccc1c2NCS1. The maximum absolute atomic E-state index is 13.4. The molecule has 3 aromatic rings. The minimum absolute atomic E-state index is 0.0475. The average molecular weight is 567 g/mol. The van der Waals surface area contributed by atoms with Crippen LogP contribution < -0.4 is 15.5 Å². The highest BCUT2D eigenvalue weighted by atomic mass is 35.5. The van der Waals surface area contributed by atoms with Crippen LogP contribution in [0.15, 0.2) is 65.8 Å². The first-order valence-corrected chi connectivity index (χ1v) is 14.6. The number of carbonyl (C=O) groups is 1. The molecule has 9 heteroatoms. The highest BCUT2D eigenvalue weighted by Crippen LogP contribution is 2.54. The molecule has 2 amide bonds. The van der Waals surface area contributed by atoms with Gasteiger partial charge in [-0.1, -0.05) is 47.5 Å². The minimum atomic E-state index is -0.0513. The van der Waals surface area contributed by atoms with Crippen LogP contribution in [0.1, 0.15) is 29.5 Å². The Balaban J connectivity index is 1.17. The number of benzene rings is 2. The largest absolute Gasteiger partial charge is 0.374 e. The Labute approximate surface area is 237 Å². The number of likely N-dealkylation sites (tertiary alicyclic amines) is 1. The summed E-state index contributed by atoms with van der Waals surface area (Å²) in [5, 5.41) is 7.87. The second kappa shape index (κ2) is 10.8. The molecule has 0 aliphatic carbocycles. The number of hydrogen-bond donors (Lipinski definition) is 2. The van der Waals surface area contributed by atoms with Gasteiger partial charge in [-0.15, -0.1) is 11.8 Å². The van der Waals surface area contributed by atoms with Crippen LogP contribution in [0.4, 0.5) is 16.2 Å². The van der Waals surface area contributed by atoms with Crippen molar-refractivity contribution in [2.45, 2.75) is 29.7 Å². The number of amides is 2. The van der Waals surface area contributed by atoms with Gasteiger partial charge in [-0.2, -0.15) is 0 Å². The van der Waals surface area contributed by atoms with E-state index in [1.165, 1.54) is 16.1 Å². The zero-order valence-corrected chi connectivity index (χ0v) is 23.3. The minimum Gasteiger partial charge on any atom is -0.374 e. The zero-order valence-electron chi connectivity index (χ0n) is 20.9. The number of fused-ring (bicyclic) bond motifs is 4. The number of nitrogens with one attached hydrogen (secondary N) is 2. The number of hydrogen-bond acceptors (Lipinski definition) is 5. The van der Waals surface area contributed by atoms with Crippen molar-refractivity contribution in [3.63, 3.8) is 0 Å². The van der Waals surface area contributed by atoms with Crippen LogP contribution in [0.25, 0.3) is 6.08 Å². The van der Waals surface area contributed by atoms with Gasteiger partial charge in [-0.3, -0.25) is 14.8 Å². The molecule has 6 rings (SSSR count). The van der Waals surface area contributed by atoms with Crippen LogP contribution >= 0.6 is 35.0 Å². The Morgan fingerprint density at radius 1 is 1.16 bits per heavy atom. The molecule has 0 bridgehead atoms. The molecule has 196 valence electrons. The van der Waals surface area contributed by atoms with Crippen molar-refractivity contribution in [3.8, 4) is 0 Å². The van der Waals surface area contributed by atoms with E-state index >= 15 is 0 Å². The zero-order chi connectivity index (χ0) is 26.1. The maximum Gasteiger partial charge on any atom is 0.322 e. The smallest absolute Gasteiger partial charge is 0.322 e. The second-order valence-electron chi connectivity index (χ2n) is 10.1. The van der Waals surface area contributed by atoms with Gasteiger partial charge in [-0.05, 0) is 67.4 Å². The molecule has 3 aliphatic rings. The van der Waals surface area contributed by atoms with E-state index in [0.717, 1.165) is 55.2 Å². The van der Waals surface area contributed by atoms with Crippen molar-refractivity contribution in [1.82, 2.24) is 15.2 Å². The monoisotopic (exact) mass is 565 g/mol. The first-order valence-electron chi connectivity index (χ1n) is 12.8. The number of urea groups is 1. The van der Waals surface area contributed by atoms with Crippen molar-refractivity contribution in [3.05, 3.63) is 87.7 Å². The fourth-order valence-corrected chi connectivity index (χ4v) is 6.93. The van der Waals surface area contributed by atoms with Crippen LogP contribution in [0.5, 0.6) is 0 Å². The highest BCUT2D eigenvalue weighted by Gasteiger charge is 2.48. The van der Waals surface area contributed by atoms with Crippen LogP contribution in [0, 0.1) is 0 Å². The van der Waals surface area contributed by atoms with Crippen LogP contribution in [0.3, 0.4) is 0 Å². The number of rotatable bonds is 5. The van der Waals surface area contributed by atoms with Gasteiger partial charge in [0.05, 0.1) is 27.3 Å². The standard InChI is InChI=1S/C29H29Cl2N5OS/c30-22-6-5-20(15-23(22)31)4-2-12-35-13-9-29(10-14-35)18-36(28(37)33-17-21-3-1-11-32-16-21)24-7-8-25-27(26(24)29)34-19-38-25/h1-8,11,15-16,34H,9-10,12-14,17-19H2,(H,33,37)/b4-2+. The molecule has 1 saturated heterocycles. The Hall–Kier alpha value is -2.71. The Morgan fingerprint density at radius 3 is 2.82 bits per heavy atom. The van der Waals surface area contributed by atoms with E-state index in [1.54, 1.807) is 12.4 Å². The normalized spacial score (nSPS) is 18.0. The number of thioether (sulfide) groups is 1. The van der Waals surface area contributed by atoms with E-state index in [1.807, 2.05) is 47.0 Å². The van der Waals surface area contributed by atoms with Crippen molar-refractivity contribution in [2.75, 3.05) is 42.3 Å². The fraction of sp³-hybridized carbons (Fsp3) is 0.310. The van der Waals surface area contributed by atoms with Gasteiger partial charge in [0, 0.05) is 47.9 Å². The van der Waals surface area contributed by atoms with E-state index in [0.29, 0.717) is 23.1 Å². The van der Waals surface area contributed by atoms with Gasteiger partial charge >= 0.3 is 6.03 Å². The van der Waals surface area contributed by atoms with E-state index in [4.69, 9.17) is 23.2 Å². The summed E-state index contributed by atoms with van der Waals surface area (Å²) >= 11 is 14.0. The molecule has 1 aromatic heterocycles. The molecule has 38 heavy (non-hydrogen) atoms. The van der Waals surface area contributed by atoms with Gasteiger partial charge in [0.15, 0.2) is 0 Å². The van der Waals surface area contributed by atoms with Gasteiger partial charge in [-0.25, -0.2) is 4.79 Å². The summed E-state index contributed by atoms with van der Waals surface area (Å²) < 4.78 is 0. The number of nitrogens with zero attached hydrogens (tertiary/aromatic N) is 3. The van der Waals surface area contributed by atoms with Crippen LogP contribution in [-0.2, 0) is 12.0 Å². The highest BCUT2D eigenvalue weighted by molar-refractivity contribution is 7.99. The lowest BCUT2D eigenvalue weighted by atomic mass is 9.73. The lowest BCUT2D eigenvalue weighted by Crippen LogP contribution is -2.47. The second-order valence-corrected chi connectivity index (χ2v) is 11.9. The van der Waals surface area contributed by atoms with Crippen molar-refractivity contribution < 1.29 is 4.79 Å². The molecule has 0 radical (unpaired) electrons. The van der Waals surface area contributed by atoms with Crippen molar-refractivity contribution >= 4 is 58.4 Å². The molecule has 2 N–H and O–H groups in total. The van der Waals surface area contributed by atoms with Gasteiger partial charge < -0.3 is 10.6 Å². The average Bonchev–Trinajstić information content (AvgIpc) is 3.54. The molecule has 0 saturated carbocycles. The number of pyridine rings is 1. The van der Waals surface area contributed by atoms with Gasteiger partial charge in [0.1, 0.15) is 0 Å².